The van der Waals surface area contributed by atoms with Crippen molar-refractivity contribution in [1.29, 1.82) is 0 Å². The van der Waals surface area contributed by atoms with Gasteiger partial charge >= 0.3 is 6.01 Å². The van der Waals surface area contributed by atoms with E-state index in [2.05, 4.69) is 32.6 Å². The lowest BCUT2D eigenvalue weighted by molar-refractivity contribution is 0.348. The van der Waals surface area contributed by atoms with Gasteiger partial charge < -0.3 is 9.47 Å². The zero-order valence-electron chi connectivity index (χ0n) is 10.0. The van der Waals surface area contributed by atoms with E-state index in [1.807, 2.05) is 0 Å². The van der Waals surface area contributed by atoms with Crippen LogP contribution in [0, 0.1) is 0 Å². The summed E-state index contributed by atoms with van der Waals surface area (Å²) in [5, 5.41) is 0.420. The van der Waals surface area contributed by atoms with Crippen molar-refractivity contribution in [3.63, 3.8) is 0 Å². The number of ether oxygens (including phenoxy) is 2. The highest BCUT2D eigenvalue weighted by atomic mass is 127. The summed E-state index contributed by atoms with van der Waals surface area (Å²) in [6.45, 7) is 0. The minimum Gasteiger partial charge on any atom is -0.481 e. The summed E-state index contributed by atoms with van der Waals surface area (Å²) in [6.07, 6.45) is 4.30. The Balaban J connectivity index is 2.75. The van der Waals surface area contributed by atoms with E-state index in [-0.39, 0.29) is 6.01 Å². The Kier molecular flexibility index (Phi) is 6.87. The first kappa shape index (κ1) is 14.8. The van der Waals surface area contributed by atoms with Gasteiger partial charge in [0.1, 0.15) is 5.15 Å². The van der Waals surface area contributed by atoms with Crippen molar-refractivity contribution in [1.82, 2.24) is 9.97 Å². The van der Waals surface area contributed by atoms with Crippen molar-refractivity contribution in [3.8, 4) is 11.9 Å². The molecule has 17 heavy (non-hydrogen) atoms. The van der Waals surface area contributed by atoms with Crippen LogP contribution in [0.1, 0.15) is 24.8 Å². The number of hydrogen-bond donors (Lipinski definition) is 0. The number of methoxy groups -OCH3 is 2. The quantitative estimate of drug-likeness (QED) is 0.320. The second-order valence-electron chi connectivity index (χ2n) is 3.49. The summed E-state index contributed by atoms with van der Waals surface area (Å²) in [7, 11) is 3.08. The number of unbranched alkanes of at least 4 members (excludes halogenated alkanes) is 2. The molecule has 1 rings (SSSR count). The second kappa shape index (κ2) is 7.92. The Labute approximate surface area is 120 Å². The van der Waals surface area contributed by atoms with Crippen LogP contribution in [0.5, 0.6) is 11.9 Å². The molecule has 6 heteroatoms. The molecular formula is C11H16ClIN2O2. The lowest BCUT2D eigenvalue weighted by Gasteiger charge is -2.09. The Bertz CT molecular complexity index is 364. The highest BCUT2D eigenvalue weighted by Crippen LogP contribution is 2.27. The van der Waals surface area contributed by atoms with Gasteiger partial charge in [0, 0.05) is 0 Å². The van der Waals surface area contributed by atoms with Crippen LogP contribution >= 0.6 is 34.2 Å². The average molecular weight is 371 g/mol. The summed E-state index contributed by atoms with van der Waals surface area (Å²) < 4.78 is 11.3. The maximum absolute atomic E-state index is 6.09. The molecule has 0 spiro atoms. The van der Waals surface area contributed by atoms with Gasteiger partial charge in [-0.3, -0.25) is 0 Å². The minimum absolute atomic E-state index is 0.239. The average Bonchev–Trinajstić information content (AvgIpc) is 2.35. The van der Waals surface area contributed by atoms with Crippen molar-refractivity contribution in [2.24, 2.45) is 0 Å². The molecular weight excluding hydrogens is 354 g/mol. The third-order valence-corrected chi connectivity index (χ3v) is 3.41. The van der Waals surface area contributed by atoms with E-state index in [4.69, 9.17) is 21.1 Å². The normalized spacial score (nSPS) is 10.4. The fourth-order valence-corrected chi connectivity index (χ4v) is 2.25. The largest absolute Gasteiger partial charge is 0.481 e. The minimum atomic E-state index is 0.239. The van der Waals surface area contributed by atoms with Gasteiger partial charge in [0.2, 0.25) is 5.88 Å². The van der Waals surface area contributed by atoms with Crippen LogP contribution < -0.4 is 9.47 Å². The number of nitrogens with zero attached hydrogens (tertiary/aromatic N) is 2. The van der Waals surface area contributed by atoms with E-state index in [9.17, 15) is 0 Å². The van der Waals surface area contributed by atoms with Gasteiger partial charge in [-0.2, -0.15) is 9.97 Å². The number of aromatic nitrogens is 2. The molecule has 0 saturated heterocycles. The molecule has 0 aliphatic heterocycles. The summed E-state index contributed by atoms with van der Waals surface area (Å²) in [5.41, 5.74) is 0.864. The van der Waals surface area contributed by atoms with Gasteiger partial charge in [0.25, 0.3) is 0 Å². The molecule has 0 fully saturated rings. The summed E-state index contributed by atoms with van der Waals surface area (Å²) >= 11 is 8.47. The van der Waals surface area contributed by atoms with E-state index < -0.39 is 0 Å². The van der Waals surface area contributed by atoms with E-state index >= 15 is 0 Å². The molecule has 0 aromatic carbocycles. The molecule has 0 aliphatic rings. The second-order valence-corrected chi connectivity index (χ2v) is 4.93. The van der Waals surface area contributed by atoms with Crippen LogP contribution in [0.25, 0.3) is 0 Å². The van der Waals surface area contributed by atoms with Gasteiger partial charge in [0.15, 0.2) is 0 Å². The number of alkyl halides is 1. The number of halogens is 2. The summed E-state index contributed by atoms with van der Waals surface area (Å²) in [6, 6.07) is 0.239. The summed E-state index contributed by atoms with van der Waals surface area (Å²) in [5.74, 6) is 0.510. The zero-order chi connectivity index (χ0) is 12.7. The maximum Gasteiger partial charge on any atom is 0.320 e. The lowest BCUT2D eigenvalue weighted by atomic mass is 10.1. The van der Waals surface area contributed by atoms with Gasteiger partial charge in [-0.15, -0.1) is 0 Å². The predicted octanol–water partition coefficient (Wildman–Crippen LogP) is 3.30. The lowest BCUT2D eigenvalue weighted by Crippen LogP contribution is -2.02. The fourth-order valence-electron chi connectivity index (χ4n) is 1.46. The van der Waals surface area contributed by atoms with E-state index in [1.54, 1.807) is 7.11 Å². The van der Waals surface area contributed by atoms with Gasteiger partial charge in [-0.05, 0) is 23.7 Å². The molecule has 1 aromatic heterocycles. The van der Waals surface area contributed by atoms with Crippen molar-refractivity contribution in [2.45, 2.75) is 25.7 Å². The van der Waals surface area contributed by atoms with Crippen LogP contribution in [-0.2, 0) is 6.42 Å². The Morgan fingerprint density at radius 1 is 1.12 bits per heavy atom. The highest BCUT2D eigenvalue weighted by Gasteiger charge is 2.13. The van der Waals surface area contributed by atoms with Gasteiger partial charge in [0.05, 0.1) is 19.8 Å². The van der Waals surface area contributed by atoms with Gasteiger partial charge in [-0.1, -0.05) is 40.6 Å². The van der Waals surface area contributed by atoms with Crippen molar-refractivity contribution in [2.75, 3.05) is 18.6 Å². The fraction of sp³-hybridized carbons (Fsp3) is 0.636. The molecule has 0 radical (unpaired) electrons. The molecule has 4 nitrogen and oxygen atoms in total. The topological polar surface area (TPSA) is 44.2 Å². The molecule has 0 amide bonds. The van der Waals surface area contributed by atoms with Crippen molar-refractivity contribution >= 4 is 34.2 Å². The van der Waals surface area contributed by atoms with Gasteiger partial charge in [-0.25, -0.2) is 0 Å². The Morgan fingerprint density at radius 2 is 1.88 bits per heavy atom. The van der Waals surface area contributed by atoms with Crippen molar-refractivity contribution < 1.29 is 9.47 Å². The third kappa shape index (κ3) is 4.46. The summed E-state index contributed by atoms with van der Waals surface area (Å²) in [4.78, 5) is 8.18. The molecule has 0 bridgehead atoms. The SMILES string of the molecule is COc1nc(Cl)c(CCCCCI)c(OC)n1. The molecule has 1 aromatic rings. The standard InChI is InChI=1S/C11H16ClIN2O2/c1-16-10-8(6-4-3-5-7-13)9(12)14-11(15-10)17-2/h3-7H2,1-2H3. The molecule has 0 atom stereocenters. The van der Waals surface area contributed by atoms with Crippen LogP contribution in [0.15, 0.2) is 0 Å². The maximum atomic E-state index is 6.09. The Morgan fingerprint density at radius 3 is 2.47 bits per heavy atom. The molecule has 0 saturated carbocycles. The first-order valence-electron chi connectivity index (χ1n) is 5.43. The molecule has 0 N–H and O–H groups in total. The molecule has 96 valence electrons. The van der Waals surface area contributed by atoms with Crippen LogP contribution in [0.4, 0.5) is 0 Å². The first-order chi connectivity index (χ1) is 8.22. The third-order valence-electron chi connectivity index (χ3n) is 2.33. The van der Waals surface area contributed by atoms with E-state index in [0.29, 0.717) is 11.0 Å². The number of hydrogen-bond acceptors (Lipinski definition) is 4. The molecule has 0 unspecified atom stereocenters. The first-order valence-corrected chi connectivity index (χ1v) is 7.33. The Hall–Kier alpha value is -0.300. The number of rotatable bonds is 7. The van der Waals surface area contributed by atoms with E-state index in [1.165, 1.54) is 24.4 Å². The molecule has 0 aliphatic carbocycles. The predicted molar refractivity (Wildman–Crippen MR) is 76.6 cm³/mol. The monoisotopic (exact) mass is 370 g/mol. The van der Waals surface area contributed by atoms with Crippen LogP contribution in [-0.4, -0.2) is 28.6 Å². The van der Waals surface area contributed by atoms with E-state index in [0.717, 1.165) is 18.4 Å². The van der Waals surface area contributed by atoms with Crippen LogP contribution in [0.2, 0.25) is 5.15 Å². The smallest absolute Gasteiger partial charge is 0.320 e. The van der Waals surface area contributed by atoms with Crippen LogP contribution in [0.3, 0.4) is 0 Å². The molecule has 1 heterocycles. The van der Waals surface area contributed by atoms with Crippen molar-refractivity contribution in [3.05, 3.63) is 10.7 Å². The zero-order valence-corrected chi connectivity index (χ0v) is 12.9. The highest BCUT2D eigenvalue weighted by molar-refractivity contribution is 14.1.